The van der Waals surface area contributed by atoms with Crippen molar-refractivity contribution in [3.63, 3.8) is 0 Å². The van der Waals surface area contributed by atoms with Crippen LogP contribution in [0.2, 0.25) is 0 Å². The topological polar surface area (TPSA) is 38.7 Å². The molecule has 0 N–H and O–H groups in total. The molecule has 0 saturated heterocycles. The van der Waals surface area contributed by atoms with E-state index in [1.54, 1.807) is 0 Å². The van der Waals surface area contributed by atoms with Crippen LogP contribution in [0, 0.1) is 18.5 Å². The van der Waals surface area contributed by atoms with Gasteiger partial charge in [0.05, 0.1) is 22.2 Å². The van der Waals surface area contributed by atoms with Crippen molar-refractivity contribution in [2.75, 3.05) is 0 Å². The van der Waals surface area contributed by atoms with E-state index in [-0.39, 0.29) is 26.5 Å². The summed E-state index contributed by atoms with van der Waals surface area (Å²) in [6.07, 6.45) is 3.93. The van der Waals surface area contributed by atoms with E-state index in [1.165, 1.54) is 16.3 Å². The number of nitrogens with zero attached hydrogens (tertiary/aromatic N) is 4. The molecule has 0 aliphatic carbocycles. The van der Waals surface area contributed by atoms with Gasteiger partial charge in [-0.1, -0.05) is 178 Å². The molecule has 0 radical (unpaired) electrons. The maximum Gasteiger partial charge on any atom is 0.268 e. The minimum atomic E-state index is -0.210. The van der Waals surface area contributed by atoms with Gasteiger partial charge in [-0.15, -0.1) is 29.7 Å². The van der Waals surface area contributed by atoms with Crippen LogP contribution in [-0.2, 0) is 26.5 Å². The molecule has 0 atom stereocenters. The summed E-state index contributed by atoms with van der Waals surface area (Å²) in [5, 5.41) is 12.2. The van der Waals surface area contributed by atoms with Gasteiger partial charge in [-0.3, -0.25) is 4.57 Å². The second-order valence-corrected chi connectivity index (χ2v) is 19.2. The molecule has 8 bridgehead atoms. The van der Waals surface area contributed by atoms with E-state index < -0.39 is 0 Å². The fourth-order valence-corrected chi connectivity index (χ4v) is 10.8. The minimum absolute atomic E-state index is 0. The Morgan fingerprint density at radius 2 is 1.07 bits per heavy atom. The number of pyridine rings is 1. The van der Waals surface area contributed by atoms with Crippen LogP contribution in [0.4, 0.5) is 0 Å². The van der Waals surface area contributed by atoms with Gasteiger partial charge < -0.3 is 13.2 Å². The minimum Gasteiger partial charge on any atom is -0.510 e. The normalized spacial score (nSPS) is 12.1. The van der Waals surface area contributed by atoms with Crippen molar-refractivity contribution >= 4 is 109 Å². The fourth-order valence-electron chi connectivity index (χ4n) is 10.8. The van der Waals surface area contributed by atoms with Crippen LogP contribution in [0.5, 0.6) is 0 Å². The number of fused-ring (bicyclic) bond motifs is 20. The Hall–Kier alpha value is -8.11. The van der Waals surface area contributed by atoms with Crippen LogP contribution in [0.3, 0.4) is 0 Å². The van der Waals surface area contributed by atoms with Crippen LogP contribution in [0.25, 0.3) is 126 Å². The third-order valence-electron chi connectivity index (χ3n) is 14.0. The number of aromatic nitrogens is 4. The van der Waals surface area contributed by atoms with Gasteiger partial charge in [0.25, 0.3) is 6.33 Å². The van der Waals surface area contributed by atoms with Crippen molar-refractivity contribution in [2.45, 2.75) is 26.2 Å². The molecule has 9 aromatic carbocycles. The van der Waals surface area contributed by atoms with E-state index >= 15 is 0 Å². The summed E-state index contributed by atoms with van der Waals surface area (Å²) in [6.45, 7) is 6.83. The SMILES string of the molecule is CC(C)(C)c1cc2nc(c1)n1c3[c-]c(ccc3c3cc(-c4ccccc4)ccc31)oc1[c-]c(ccc1)n1[c-][n+]3c4c(cccc41)c1ccccc1c1ccccc1c1cccc(c1-3)c1ccccc21.[Pt]. The van der Waals surface area contributed by atoms with E-state index in [1.807, 2.05) is 18.2 Å². The van der Waals surface area contributed by atoms with Gasteiger partial charge in [-0.05, 0) is 94.3 Å². The molecule has 0 unspecified atom stereocenters. The van der Waals surface area contributed by atoms with Gasteiger partial charge in [0.1, 0.15) is 5.65 Å². The number of rotatable bonds is 1. The molecule has 0 amide bonds. The van der Waals surface area contributed by atoms with Gasteiger partial charge in [0.15, 0.2) is 0 Å². The molecule has 336 valence electrons. The van der Waals surface area contributed by atoms with E-state index in [0.717, 1.165) is 104 Å². The number of imidazole rings is 1. The molecule has 2 aliphatic heterocycles. The molecule has 70 heavy (non-hydrogen) atoms. The van der Waals surface area contributed by atoms with E-state index in [0.29, 0.717) is 11.2 Å². The Labute approximate surface area is 417 Å². The van der Waals surface area contributed by atoms with Crippen molar-refractivity contribution < 1.29 is 30.0 Å². The Morgan fingerprint density at radius 1 is 0.471 bits per heavy atom. The quantitative estimate of drug-likeness (QED) is 0.121. The zero-order chi connectivity index (χ0) is 46.0. The second-order valence-electron chi connectivity index (χ2n) is 19.2. The van der Waals surface area contributed by atoms with Crippen molar-refractivity contribution in [1.82, 2.24) is 13.8 Å². The smallest absolute Gasteiger partial charge is 0.268 e. The molecule has 5 nitrogen and oxygen atoms in total. The predicted molar refractivity (Wildman–Crippen MR) is 285 cm³/mol. The monoisotopic (exact) mass is 1080 g/mol. The van der Waals surface area contributed by atoms with E-state index in [9.17, 15) is 0 Å². The second kappa shape index (κ2) is 16.0. The van der Waals surface area contributed by atoms with Crippen molar-refractivity contribution in [2.24, 2.45) is 0 Å². The first kappa shape index (κ1) is 42.0. The number of hydrogen-bond donors (Lipinski definition) is 0. The molecule has 5 heterocycles. The molecule has 12 aromatic rings. The van der Waals surface area contributed by atoms with E-state index in [2.05, 4.69) is 235 Å². The Morgan fingerprint density at radius 3 is 1.80 bits per heavy atom. The molecule has 14 rings (SSSR count). The summed E-state index contributed by atoms with van der Waals surface area (Å²) in [5.74, 6) is 0. The fraction of sp³-hybridized carbons (Fsp3) is 0.0625. The zero-order valence-corrected chi connectivity index (χ0v) is 40.8. The number of benzene rings is 9. The average Bonchev–Trinajstić information content (AvgIpc) is 3.94. The Kier molecular flexibility index (Phi) is 9.60. The number of hydrogen-bond acceptors (Lipinski definition) is 2. The van der Waals surface area contributed by atoms with E-state index in [4.69, 9.17) is 9.40 Å². The van der Waals surface area contributed by atoms with Gasteiger partial charge >= 0.3 is 0 Å². The first-order chi connectivity index (χ1) is 33.8. The molecule has 2 aliphatic rings. The summed E-state index contributed by atoms with van der Waals surface area (Å²) in [6, 6.07) is 79.2. The third kappa shape index (κ3) is 6.49. The first-order valence-corrected chi connectivity index (χ1v) is 23.5. The Balaban J connectivity index is 0.00000480. The molecule has 6 heteroatoms. The summed E-state index contributed by atoms with van der Waals surface area (Å²) in [7, 11) is 0. The van der Waals surface area contributed by atoms with Gasteiger partial charge in [-0.25, -0.2) is 4.98 Å². The van der Waals surface area contributed by atoms with Crippen LogP contribution in [-0.4, -0.2) is 13.8 Å². The number of para-hydroxylation sites is 2. The molecule has 0 fully saturated rings. The standard InChI is InChI=1S/C64H42N4O.Pt/c1-64(2,3)42-35-57-51-25-12-11-24-50(51)54-27-14-26-53-48-22-9-7-20-46(48)47-21-8-10-23-49(47)55-28-15-29-59-63(55)67(62(53)54)39-66(59)43-18-13-19-44(37-43)69-45-31-32-52-56-34-41(40-16-5-4-6-17-40)30-33-58(56)68(60(52)38-45)61(36-42)65-57;/h4-36H,1-3H3;/q-2;. The molecular formula is C64H42N4OPt-2. The maximum atomic E-state index is 6.81. The van der Waals surface area contributed by atoms with Gasteiger partial charge in [0.2, 0.25) is 0 Å². The van der Waals surface area contributed by atoms with Crippen LogP contribution in [0.1, 0.15) is 26.3 Å². The summed E-state index contributed by atoms with van der Waals surface area (Å²) in [5.41, 5.74) is 11.9. The van der Waals surface area contributed by atoms with Gasteiger partial charge in [-0.2, -0.15) is 18.2 Å². The molecular weight excluding hydrogens is 1040 g/mol. The predicted octanol–water partition coefficient (Wildman–Crippen LogP) is 15.9. The van der Waals surface area contributed by atoms with Gasteiger partial charge in [0, 0.05) is 43.1 Å². The third-order valence-corrected chi connectivity index (χ3v) is 14.0. The summed E-state index contributed by atoms with van der Waals surface area (Å²) >= 11 is 0. The van der Waals surface area contributed by atoms with Crippen LogP contribution in [0.15, 0.2) is 205 Å². The Bertz CT molecular complexity index is 4590. The maximum absolute atomic E-state index is 6.81. The molecule has 0 spiro atoms. The van der Waals surface area contributed by atoms with Crippen molar-refractivity contribution in [1.29, 1.82) is 0 Å². The molecule has 3 aromatic heterocycles. The average molecular weight is 1080 g/mol. The van der Waals surface area contributed by atoms with Crippen molar-refractivity contribution in [3.8, 4) is 16.8 Å². The van der Waals surface area contributed by atoms with Crippen LogP contribution >= 0.6 is 0 Å². The van der Waals surface area contributed by atoms with Crippen LogP contribution < -0.4 is 4.57 Å². The van der Waals surface area contributed by atoms with Crippen molar-refractivity contribution in [3.05, 3.63) is 224 Å². The summed E-state index contributed by atoms with van der Waals surface area (Å²) in [4.78, 5) is 5.71. The zero-order valence-electron chi connectivity index (χ0n) is 38.6. The first-order valence-electron chi connectivity index (χ1n) is 23.5. The summed E-state index contributed by atoms with van der Waals surface area (Å²) < 4.78 is 13.5. The molecule has 0 saturated carbocycles. The largest absolute Gasteiger partial charge is 0.510 e.